The molecule has 14 aromatic carbocycles. The topological polar surface area (TPSA) is 11.4 Å². The van der Waals surface area contributed by atoms with Crippen molar-refractivity contribution in [3.05, 3.63) is 379 Å². The minimum absolute atomic E-state index is 0.208. The molecule has 15 aromatic rings. The van der Waals surface area contributed by atoms with Gasteiger partial charge in [0.1, 0.15) is 0 Å². The second kappa shape index (κ2) is 21.7. The van der Waals surface area contributed by atoms with E-state index in [-0.39, 0.29) is 5.41 Å². The number of hydrogen-bond acceptors (Lipinski definition) is 2. The zero-order valence-corrected chi connectivity index (χ0v) is 50.8. The van der Waals surface area contributed by atoms with Crippen LogP contribution in [0.5, 0.6) is 0 Å². The van der Waals surface area contributed by atoms with Gasteiger partial charge in [-0.05, 0) is 198 Å². The van der Waals surface area contributed by atoms with Gasteiger partial charge in [0.05, 0.1) is 16.4 Å². The lowest BCUT2D eigenvalue weighted by Gasteiger charge is -2.35. The molecule has 2 aliphatic carbocycles. The zero-order chi connectivity index (χ0) is 60.6. The van der Waals surface area contributed by atoms with E-state index in [4.69, 9.17) is 0 Å². The van der Waals surface area contributed by atoms with Crippen LogP contribution >= 0.6 is 0 Å². The van der Waals surface area contributed by atoms with Crippen molar-refractivity contribution in [1.29, 1.82) is 0 Å². The summed E-state index contributed by atoms with van der Waals surface area (Å²) in [6.45, 7) is 4.76. The molecule has 3 nitrogen and oxygen atoms in total. The average Bonchev–Trinajstić information content (AvgIpc) is 1.58. The highest BCUT2D eigenvalue weighted by molar-refractivity contribution is 6.10. The van der Waals surface area contributed by atoms with E-state index < -0.39 is 5.41 Å². The molecule has 0 radical (unpaired) electrons. The Morgan fingerprint density at radius 1 is 0.242 bits per heavy atom. The van der Waals surface area contributed by atoms with Crippen LogP contribution in [0.25, 0.3) is 83.1 Å². The summed E-state index contributed by atoms with van der Waals surface area (Å²) >= 11 is 0. The van der Waals surface area contributed by atoms with E-state index in [2.05, 4.69) is 374 Å². The predicted octanol–water partition coefficient (Wildman–Crippen LogP) is 23.4. The summed E-state index contributed by atoms with van der Waals surface area (Å²) in [6, 6.07) is 128. The Morgan fingerprint density at radius 3 is 1.18 bits per heavy atom. The summed E-state index contributed by atoms with van der Waals surface area (Å²) in [5.41, 5.74) is 28.9. The molecule has 0 unspecified atom stereocenters. The number of para-hydroxylation sites is 2. The van der Waals surface area contributed by atoms with E-state index in [1.54, 1.807) is 0 Å². The minimum Gasteiger partial charge on any atom is -0.311 e. The first-order valence-electron chi connectivity index (χ1n) is 31.6. The van der Waals surface area contributed by atoms with Crippen LogP contribution in [0.4, 0.5) is 34.1 Å². The van der Waals surface area contributed by atoms with Crippen molar-refractivity contribution in [3.8, 4) is 61.3 Å². The van der Waals surface area contributed by atoms with Crippen molar-refractivity contribution in [3.63, 3.8) is 0 Å². The summed E-state index contributed by atoms with van der Waals surface area (Å²) in [6.07, 6.45) is 0. The van der Waals surface area contributed by atoms with E-state index in [9.17, 15) is 0 Å². The highest BCUT2D eigenvalue weighted by atomic mass is 15.2. The number of aromatic nitrogens is 1. The third-order valence-electron chi connectivity index (χ3n) is 19.5. The number of nitrogens with zero attached hydrogens (tertiary/aromatic N) is 3. The molecule has 2 aliphatic rings. The quantitative estimate of drug-likeness (QED) is 0.121. The van der Waals surface area contributed by atoms with Gasteiger partial charge in [0.25, 0.3) is 0 Å². The first-order valence-corrected chi connectivity index (χ1v) is 31.6. The maximum atomic E-state index is 2.51. The van der Waals surface area contributed by atoms with Gasteiger partial charge in [-0.15, -0.1) is 0 Å². The van der Waals surface area contributed by atoms with Crippen molar-refractivity contribution in [2.45, 2.75) is 24.7 Å². The van der Waals surface area contributed by atoms with E-state index in [1.807, 2.05) is 0 Å². The van der Waals surface area contributed by atoms with Crippen LogP contribution in [0.1, 0.15) is 47.2 Å². The van der Waals surface area contributed by atoms with Gasteiger partial charge in [-0.1, -0.05) is 250 Å². The lowest BCUT2D eigenvalue weighted by molar-refractivity contribution is 0.660. The van der Waals surface area contributed by atoms with Crippen molar-refractivity contribution in [1.82, 2.24) is 4.57 Å². The Balaban J connectivity index is 0.837. The maximum Gasteiger partial charge on any atom is 0.0714 e. The molecular formula is C88H63N3. The number of anilines is 6. The largest absolute Gasteiger partial charge is 0.311 e. The summed E-state index contributed by atoms with van der Waals surface area (Å²) in [5.74, 6) is 0. The summed E-state index contributed by atoms with van der Waals surface area (Å²) < 4.78 is 2.40. The fourth-order valence-electron chi connectivity index (χ4n) is 15.1. The number of hydrogen-bond donors (Lipinski definition) is 0. The number of rotatable bonds is 12. The second-order valence-corrected chi connectivity index (χ2v) is 24.8. The molecule has 1 heterocycles. The number of benzene rings is 14. The molecule has 430 valence electrons. The molecule has 0 saturated heterocycles. The second-order valence-electron chi connectivity index (χ2n) is 24.8. The highest BCUT2D eigenvalue weighted by Gasteiger charge is 2.47. The van der Waals surface area contributed by atoms with E-state index in [0.717, 1.165) is 39.8 Å². The third-order valence-corrected chi connectivity index (χ3v) is 19.5. The van der Waals surface area contributed by atoms with Crippen LogP contribution in [0, 0.1) is 0 Å². The summed E-state index contributed by atoms with van der Waals surface area (Å²) in [5, 5.41) is 2.47. The van der Waals surface area contributed by atoms with Crippen LogP contribution in [0.2, 0.25) is 0 Å². The molecular weight excluding hydrogens is 1100 g/mol. The Hall–Kier alpha value is -11.5. The number of fused-ring (bicyclic) bond motifs is 9. The smallest absolute Gasteiger partial charge is 0.0714 e. The van der Waals surface area contributed by atoms with Crippen LogP contribution in [0.3, 0.4) is 0 Å². The van der Waals surface area contributed by atoms with Crippen molar-refractivity contribution in [2.24, 2.45) is 0 Å². The zero-order valence-electron chi connectivity index (χ0n) is 50.8. The predicted molar refractivity (Wildman–Crippen MR) is 381 cm³/mol. The Morgan fingerprint density at radius 2 is 0.604 bits per heavy atom. The van der Waals surface area contributed by atoms with Gasteiger partial charge in [0, 0.05) is 56.0 Å². The average molecular weight is 1160 g/mol. The lowest BCUT2D eigenvalue weighted by Crippen LogP contribution is -2.28. The fraction of sp³-hybridized carbons (Fsp3) is 0.0455. The molecule has 0 atom stereocenters. The molecule has 0 amide bonds. The van der Waals surface area contributed by atoms with E-state index in [1.165, 1.54) is 111 Å². The van der Waals surface area contributed by atoms with Gasteiger partial charge >= 0.3 is 0 Å². The first-order chi connectivity index (χ1) is 44.9. The minimum atomic E-state index is -0.684. The van der Waals surface area contributed by atoms with Gasteiger partial charge in [-0.3, -0.25) is 0 Å². The summed E-state index contributed by atoms with van der Waals surface area (Å²) in [7, 11) is 0. The van der Waals surface area contributed by atoms with Gasteiger partial charge in [-0.25, -0.2) is 0 Å². The van der Waals surface area contributed by atoms with Crippen molar-refractivity contribution in [2.75, 3.05) is 9.80 Å². The van der Waals surface area contributed by atoms with E-state index >= 15 is 0 Å². The van der Waals surface area contributed by atoms with Crippen LogP contribution in [0.15, 0.2) is 346 Å². The Kier molecular flexibility index (Phi) is 12.8. The Bertz CT molecular complexity index is 5090. The maximum absolute atomic E-state index is 2.51. The molecule has 0 spiro atoms. The molecule has 1 aromatic heterocycles. The van der Waals surface area contributed by atoms with Gasteiger partial charge in [-0.2, -0.15) is 0 Å². The lowest BCUT2D eigenvalue weighted by atomic mass is 9.67. The standard InChI is InChI=1S/C88H63N3/c1-87(2)81-34-20-18-32-75(81)76-53-50-73(58-82(76)87)90(72-48-46-71(47-49-72)89(69-42-36-62(37-43-69)60-22-8-3-9-23-60)70-44-38-63(39-45-70)61-24-10-4-11-25-61)74-51-54-78-77-52-40-65(57-83(77)88(84(78)59-74,66-26-12-5-13-27-66)67-28-14-6-15-29-67)64-41-55-86-80(56-64)79-33-19-21-35-85(79)91(86)68-30-16-7-17-31-68/h3-59H,1-2H3. The van der Waals surface area contributed by atoms with Gasteiger partial charge in [0.2, 0.25) is 0 Å². The fourth-order valence-corrected chi connectivity index (χ4v) is 15.1. The monoisotopic (exact) mass is 1160 g/mol. The van der Waals surface area contributed by atoms with Crippen LogP contribution in [-0.2, 0) is 10.8 Å². The molecule has 0 bridgehead atoms. The molecule has 91 heavy (non-hydrogen) atoms. The molecule has 0 aliphatic heterocycles. The van der Waals surface area contributed by atoms with Gasteiger partial charge < -0.3 is 14.4 Å². The Labute approximate surface area is 532 Å². The van der Waals surface area contributed by atoms with Gasteiger partial charge in [0.15, 0.2) is 0 Å². The first kappa shape index (κ1) is 53.7. The molecule has 3 heteroatoms. The van der Waals surface area contributed by atoms with Crippen molar-refractivity contribution < 1.29 is 0 Å². The molecule has 0 fully saturated rings. The van der Waals surface area contributed by atoms with Crippen LogP contribution in [-0.4, -0.2) is 4.57 Å². The molecule has 17 rings (SSSR count). The third kappa shape index (κ3) is 8.79. The normalized spacial score (nSPS) is 13.1. The molecule has 0 N–H and O–H groups in total. The SMILES string of the molecule is CC1(C)c2ccccc2-c2ccc(N(c3ccc(N(c4ccc(-c5ccccc5)cc4)c4ccc(-c5ccccc5)cc4)cc3)c3ccc4c(c3)C(c3ccccc3)(c3ccccc3)c3cc(-c5ccc6c(c5)c5ccccc5n6-c5ccccc5)ccc3-4)cc21. The molecule has 0 saturated carbocycles. The van der Waals surface area contributed by atoms with Crippen LogP contribution < -0.4 is 9.80 Å². The van der Waals surface area contributed by atoms with E-state index in [0.29, 0.717) is 0 Å². The highest BCUT2D eigenvalue weighted by Crippen LogP contribution is 2.59. The van der Waals surface area contributed by atoms with Crippen molar-refractivity contribution >= 4 is 55.9 Å². The summed E-state index contributed by atoms with van der Waals surface area (Å²) in [4.78, 5) is 4.87.